The molecule has 0 spiro atoms. The molecule has 2 atom stereocenters. The first kappa shape index (κ1) is 22.3. The van der Waals surface area contributed by atoms with Gasteiger partial charge in [-0.15, -0.1) is 0 Å². The Hall–Kier alpha value is -2.90. The molecule has 4 rings (SSSR count). The van der Waals surface area contributed by atoms with E-state index in [2.05, 4.69) is 5.10 Å². The van der Waals surface area contributed by atoms with E-state index >= 15 is 0 Å². The lowest BCUT2D eigenvalue weighted by molar-refractivity contribution is -0.0844. The summed E-state index contributed by atoms with van der Waals surface area (Å²) in [5, 5.41) is 26.0. The number of hydrogen-bond donors (Lipinski definition) is 2. The number of nitrogens with zero attached hydrogens (tertiary/aromatic N) is 2. The van der Waals surface area contributed by atoms with E-state index < -0.39 is 18.2 Å². The second-order valence-electron chi connectivity index (χ2n) is 8.38. The number of aromatic nitrogens is 2. The van der Waals surface area contributed by atoms with Gasteiger partial charge in [-0.3, -0.25) is 4.68 Å². The predicted octanol–water partition coefficient (Wildman–Crippen LogP) is 4.50. The molecule has 1 fully saturated rings. The van der Waals surface area contributed by atoms with Gasteiger partial charge in [0, 0.05) is 11.6 Å². The zero-order chi connectivity index (χ0) is 22.7. The van der Waals surface area contributed by atoms with Gasteiger partial charge in [-0.2, -0.15) is 5.10 Å². The number of aliphatic hydroxyl groups is 1. The smallest absolute Gasteiger partial charge is 0.337 e. The molecular formula is C25H30N2O5. The van der Waals surface area contributed by atoms with Gasteiger partial charge in [0.2, 0.25) is 0 Å². The predicted molar refractivity (Wildman–Crippen MR) is 121 cm³/mol. The van der Waals surface area contributed by atoms with Crippen molar-refractivity contribution in [3.05, 3.63) is 59.3 Å². The van der Waals surface area contributed by atoms with Crippen molar-refractivity contribution < 1.29 is 24.5 Å². The summed E-state index contributed by atoms with van der Waals surface area (Å²) in [4.78, 5) is 11.6. The number of fused-ring (bicyclic) bond motifs is 1. The summed E-state index contributed by atoms with van der Waals surface area (Å²) in [6.07, 6.45) is 4.71. The molecule has 170 valence electrons. The van der Waals surface area contributed by atoms with Crippen LogP contribution in [-0.2, 0) is 11.3 Å². The van der Waals surface area contributed by atoms with Crippen molar-refractivity contribution in [1.29, 1.82) is 0 Å². The third kappa shape index (κ3) is 4.79. The molecule has 2 aromatic carbocycles. The summed E-state index contributed by atoms with van der Waals surface area (Å²) in [5.41, 5.74) is 2.33. The third-order valence-electron chi connectivity index (χ3n) is 6.06. The monoisotopic (exact) mass is 438 g/mol. The van der Waals surface area contributed by atoms with Gasteiger partial charge in [0.15, 0.2) is 0 Å². The SMILES string of the molecule is CCOc1cc(C(O)C(Cn2cc3cccc(C(=O)O)c3n2)OC2CCCC2)ccc1C. The van der Waals surface area contributed by atoms with Crippen molar-refractivity contribution in [3.63, 3.8) is 0 Å². The maximum atomic E-state index is 11.6. The van der Waals surface area contributed by atoms with Gasteiger partial charge in [0.1, 0.15) is 23.5 Å². The molecule has 7 heteroatoms. The van der Waals surface area contributed by atoms with Crippen LogP contribution in [0.1, 0.15) is 60.2 Å². The number of rotatable bonds is 9. The average Bonchev–Trinajstić information content (AvgIpc) is 3.43. The highest BCUT2D eigenvalue weighted by atomic mass is 16.5. The topological polar surface area (TPSA) is 93.8 Å². The summed E-state index contributed by atoms with van der Waals surface area (Å²) in [6.45, 7) is 4.77. The standard InChI is InChI=1S/C25H30N2O5/c1-3-31-21-13-17(12-11-16(21)2)24(28)22(32-19-8-4-5-9-19)15-27-14-18-7-6-10-20(25(29)30)23(18)26-27/h6-7,10-14,19,22,24,28H,3-5,8-9,15H2,1-2H3,(H,29,30). The van der Waals surface area contributed by atoms with Crippen molar-refractivity contribution in [1.82, 2.24) is 9.78 Å². The van der Waals surface area contributed by atoms with Gasteiger partial charge in [-0.05, 0) is 49.9 Å². The molecule has 3 aromatic rings. The minimum atomic E-state index is -1.01. The third-order valence-corrected chi connectivity index (χ3v) is 6.06. The zero-order valence-corrected chi connectivity index (χ0v) is 18.5. The molecule has 2 unspecified atom stereocenters. The van der Waals surface area contributed by atoms with E-state index in [1.54, 1.807) is 23.0 Å². The van der Waals surface area contributed by atoms with E-state index in [-0.39, 0.29) is 11.7 Å². The number of aliphatic hydroxyl groups excluding tert-OH is 1. The number of carbonyl (C=O) groups is 1. The van der Waals surface area contributed by atoms with Crippen molar-refractivity contribution in [2.75, 3.05) is 6.61 Å². The Balaban J connectivity index is 1.63. The lowest BCUT2D eigenvalue weighted by Crippen LogP contribution is -2.31. The maximum Gasteiger partial charge on any atom is 0.337 e. The molecule has 0 amide bonds. The molecule has 2 N–H and O–H groups in total. The van der Waals surface area contributed by atoms with Gasteiger partial charge in [0.25, 0.3) is 0 Å². The van der Waals surface area contributed by atoms with Crippen LogP contribution in [0.5, 0.6) is 5.75 Å². The highest BCUT2D eigenvalue weighted by molar-refractivity contribution is 6.01. The molecule has 7 nitrogen and oxygen atoms in total. The molecule has 1 aromatic heterocycles. The first-order chi connectivity index (χ1) is 15.5. The minimum absolute atomic E-state index is 0.103. The van der Waals surface area contributed by atoms with Gasteiger partial charge < -0.3 is 19.7 Å². The lowest BCUT2D eigenvalue weighted by atomic mass is 10.0. The van der Waals surface area contributed by atoms with Crippen molar-refractivity contribution in [3.8, 4) is 5.75 Å². The quantitative estimate of drug-likeness (QED) is 0.511. The first-order valence-electron chi connectivity index (χ1n) is 11.2. The van der Waals surface area contributed by atoms with Crippen LogP contribution in [0.25, 0.3) is 10.9 Å². The Morgan fingerprint density at radius 1 is 1.25 bits per heavy atom. The van der Waals surface area contributed by atoms with Gasteiger partial charge in [-0.1, -0.05) is 37.1 Å². The highest BCUT2D eigenvalue weighted by Crippen LogP contribution is 2.31. The summed E-state index contributed by atoms with van der Waals surface area (Å²) in [5.74, 6) is -0.262. The lowest BCUT2D eigenvalue weighted by Gasteiger charge is -2.27. The molecule has 0 bridgehead atoms. The zero-order valence-electron chi connectivity index (χ0n) is 18.5. The highest BCUT2D eigenvalue weighted by Gasteiger charge is 2.28. The molecule has 1 aliphatic carbocycles. The van der Waals surface area contributed by atoms with E-state index in [4.69, 9.17) is 9.47 Å². The molecule has 0 radical (unpaired) electrons. The van der Waals surface area contributed by atoms with E-state index in [9.17, 15) is 15.0 Å². The Kier molecular flexibility index (Phi) is 6.77. The van der Waals surface area contributed by atoms with Crippen molar-refractivity contribution in [2.24, 2.45) is 0 Å². The number of benzene rings is 2. The number of ether oxygens (including phenoxy) is 2. The molecule has 0 aliphatic heterocycles. The van der Waals surface area contributed by atoms with Crippen LogP contribution in [0.15, 0.2) is 42.6 Å². The van der Waals surface area contributed by atoms with Gasteiger partial charge in [0.05, 0.1) is 24.8 Å². The molecule has 1 heterocycles. The molecule has 1 saturated carbocycles. The van der Waals surface area contributed by atoms with Crippen LogP contribution >= 0.6 is 0 Å². The second-order valence-corrected chi connectivity index (χ2v) is 8.38. The molecule has 0 saturated heterocycles. The van der Waals surface area contributed by atoms with Crippen LogP contribution in [0.3, 0.4) is 0 Å². The Labute approximate surface area is 187 Å². The largest absolute Gasteiger partial charge is 0.494 e. The van der Waals surface area contributed by atoms with Crippen LogP contribution in [0.4, 0.5) is 0 Å². The van der Waals surface area contributed by atoms with Crippen molar-refractivity contribution in [2.45, 2.75) is 64.4 Å². The normalized spacial score (nSPS) is 16.3. The first-order valence-corrected chi connectivity index (χ1v) is 11.2. The minimum Gasteiger partial charge on any atom is -0.494 e. The van der Waals surface area contributed by atoms with E-state index in [1.807, 2.05) is 38.1 Å². The second kappa shape index (κ2) is 9.71. The summed E-state index contributed by atoms with van der Waals surface area (Å²) >= 11 is 0. The van der Waals surface area contributed by atoms with Crippen LogP contribution < -0.4 is 4.74 Å². The van der Waals surface area contributed by atoms with Crippen LogP contribution in [-0.4, -0.2) is 44.8 Å². The molecule has 1 aliphatic rings. The van der Waals surface area contributed by atoms with Crippen molar-refractivity contribution >= 4 is 16.9 Å². The number of aromatic carboxylic acids is 1. The average molecular weight is 439 g/mol. The maximum absolute atomic E-state index is 11.6. The van der Waals surface area contributed by atoms with Crippen LogP contribution in [0, 0.1) is 6.92 Å². The summed E-state index contributed by atoms with van der Waals surface area (Å²) < 4.78 is 13.8. The Morgan fingerprint density at radius 3 is 2.75 bits per heavy atom. The molecular weight excluding hydrogens is 408 g/mol. The Morgan fingerprint density at radius 2 is 2.03 bits per heavy atom. The number of carboxylic acids is 1. The number of carboxylic acid groups (broad SMARTS) is 1. The van der Waals surface area contributed by atoms with Gasteiger partial charge in [-0.25, -0.2) is 4.79 Å². The number of aryl methyl sites for hydroxylation is 1. The fourth-order valence-corrected chi connectivity index (χ4v) is 4.36. The van der Waals surface area contributed by atoms with E-state index in [0.29, 0.717) is 18.7 Å². The van der Waals surface area contributed by atoms with Crippen LogP contribution in [0.2, 0.25) is 0 Å². The summed E-state index contributed by atoms with van der Waals surface area (Å²) in [7, 11) is 0. The van der Waals surface area contributed by atoms with E-state index in [1.165, 1.54) is 0 Å². The number of hydrogen-bond acceptors (Lipinski definition) is 5. The summed E-state index contributed by atoms with van der Waals surface area (Å²) in [6, 6.07) is 10.8. The molecule has 32 heavy (non-hydrogen) atoms. The fourth-order valence-electron chi connectivity index (χ4n) is 4.36. The Bertz CT molecular complexity index is 1090. The van der Waals surface area contributed by atoms with E-state index in [0.717, 1.165) is 47.9 Å². The fraction of sp³-hybridized carbons (Fsp3) is 0.440. The van der Waals surface area contributed by atoms with Gasteiger partial charge >= 0.3 is 5.97 Å².